The van der Waals surface area contributed by atoms with Crippen molar-refractivity contribution in [1.29, 1.82) is 0 Å². The Morgan fingerprint density at radius 3 is 2.75 bits per heavy atom. The maximum absolute atomic E-state index is 5.88. The number of ether oxygens (including phenoxy) is 1. The monoisotopic (exact) mass is 342 g/mol. The first kappa shape index (κ1) is 16.9. The molecule has 126 valence electrons. The Morgan fingerprint density at radius 2 is 2.00 bits per heavy atom. The van der Waals surface area contributed by atoms with Gasteiger partial charge in [-0.25, -0.2) is 0 Å². The van der Waals surface area contributed by atoms with Crippen LogP contribution in [0.15, 0.2) is 60.3 Å². The first-order chi connectivity index (χ1) is 11.7. The number of hydrogen-bond donors (Lipinski definition) is 0. The van der Waals surface area contributed by atoms with E-state index in [9.17, 15) is 0 Å². The molecule has 0 radical (unpaired) electrons. The largest absolute Gasteiger partial charge is 0.492 e. The molecule has 1 aliphatic rings. The zero-order valence-electron chi connectivity index (χ0n) is 14.0. The third-order valence-electron chi connectivity index (χ3n) is 4.19. The molecule has 0 bridgehead atoms. The van der Waals surface area contributed by atoms with Gasteiger partial charge in [0.1, 0.15) is 12.4 Å². The van der Waals surface area contributed by atoms with E-state index in [1.54, 1.807) is 0 Å². The average Bonchev–Trinajstić information content (AvgIpc) is 3.04. The summed E-state index contributed by atoms with van der Waals surface area (Å²) in [5.74, 6) is 0.847. The molecular formula is C20H23ClN2O. The molecule has 0 spiro atoms. The molecule has 0 N–H and O–H groups in total. The van der Waals surface area contributed by atoms with Crippen LogP contribution in [0.5, 0.6) is 5.75 Å². The Labute approximate surface area is 148 Å². The molecule has 0 atom stereocenters. The zero-order chi connectivity index (χ0) is 16.8. The van der Waals surface area contributed by atoms with E-state index >= 15 is 0 Å². The molecule has 0 unspecified atom stereocenters. The molecule has 4 heteroatoms. The first-order valence-electron chi connectivity index (χ1n) is 8.30. The molecule has 24 heavy (non-hydrogen) atoms. The van der Waals surface area contributed by atoms with E-state index in [4.69, 9.17) is 16.3 Å². The summed E-state index contributed by atoms with van der Waals surface area (Å²) in [4.78, 5) is 2.33. The maximum atomic E-state index is 5.88. The van der Waals surface area contributed by atoms with Crippen LogP contribution < -0.4 is 4.74 Å². The summed E-state index contributed by atoms with van der Waals surface area (Å²) >= 11 is 5.88. The summed E-state index contributed by atoms with van der Waals surface area (Å²) < 4.78 is 7.99. The zero-order valence-corrected chi connectivity index (χ0v) is 14.7. The Morgan fingerprint density at radius 1 is 1.17 bits per heavy atom. The summed E-state index contributed by atoms with van der Waals surface area (Å²) in [5.41, 5.74) is 2.62. The molecule has 0 fully saturated rings. The standard InChI is InChI=1S/C20H23ClN2O/c1-22-13-10-17(11-14-22)4-7-19-3-2-12-23(19)15-16-24-20-8-5-18(21)6-9-20/h2-10,12H,11,13-16H2,1H3. The van der Waals surface area contributed by atoms with E-state index in [0.717, 1.165) is 36.8 Å². The van der Waals surface area contributed by atoms with E-state index < -0.39 is 0 Å². The SMILES string of the molecule is CN1CC=C(C=Cc2cccn2CCOc2ccc(Cl)cc2)CC1. The van der Waals surface area contributed by atoms with Gasteiger partial charge in [0.25, 0.3) is 0 Å². The van der Waals surface area contributed by atoms with E-state index in [1.807, 2.05) is 24.3 Å². The van der Waals surface area contributed by atoms with E-state index in [0.29, 0.717) is 6.61 Å². The Hall–Kier alpha value is -1.97. The number of benzene rings is 1. The van der Waals surface area contributed by atoms with Crippen LogP contribution in [0.25, 0.3) is 6.08 Å². The van der Waals surface area contributed by atoms with Crippen LogP contribution in [0.2, 0.25) is 5.02 Å². The number of likely N-dealkylation sites (N-methyl/N-ethyl adjacent to an activating group) is 1. The van der Waals surface area contributed by atoms with Crippen LogP contribution in [0.1, 0.15) is 12.1 Å². The van der Waals surface area contributed by atoms with Crippen molar-refractivity contribution in [2.45, 2.75) is 13.0 Å². The number of allylic oxidation sites excluding steroid dienone is 1. The van der Waals surface area contributed by atoms with Gasteiger partial charge in [0, 0.05) is 30.0 Å². The van der Waals surface area contributed by atoms with Crippen molar-refractivity contribution in [2.75, 3.05) is 26.7 Å². The normalized spacial score (nSPS) is 15.7. The minimum atomic E-state index is 0.630. The maximum Gasteiger partial charge on any atom is 0.119 e. The third kappa shape index (κ3) is 4.76. The van der Waals surface area contributed by atoms with E-state index in [2.05, 4.69) is 53.1 Å². The topological polar surface area (TPSA) is 17.4 Å². The first-order valence-corrected chi connectivity index (χ1v) is 8.68. The van der Waals surface area contributed by atoms with Crippen molar-refractivity contribution < 1.29 is 4.74 Å². The van der Waals surface area contributed by atoms with Crippen LogP contribution in [-0.2, 0) is 6.54 Å². The van der Waals surface area contributed by atoms with Crippen LogP contribution in [0.4, 0.5) is 0 Å². The van der Waals surface area contributed by atoms with Gasteiger partial charge in [-0.15, -0.1) is 0 Å². The Balaban J connectivity index is 1.54. The lowest BCUT2D eigenvalue weighted by Crippen LogP contribution is -2.23. The second kappa shape index (κ2) is 8.22. The number of halogens is 1. The van der Waals surface area contributed by atoms with Crippen molar-refractivity contribution in [3.8, 4) is 5.75 Å². The smallest absolute Gasteiger partial charge is 0.119 e. The van der Waals surface area contributed by atoms with E-state index in [-0.39, 0.29) is 0 Å². The Bertz CT molecular complexity index is 715. The van der Waals surface area contributed by atoms with Gasteiger partial charge in [0.2, 0.25) is 0 Å². The van der Waals surface area contributed by atoms with Crippen LogP contribution in [-0.4, -0.2) is 36.2 Å². The lowest BCUT2D eigenvalue weighted by atomic mass is 10.1. The highest BCUT2D eigenvalue weighted by molar-refractivity contribution is 6.30. The van der Waals surface area contributed by atoms with Crippen LogP contribution in [0, 0.1) is 0 Å². The lowest BCUT2D eigenvalue weighted by Gasteiger charge is -2.20. The average molecular weight is 343 g/mol. The molecule has 2 heterocycles. The molecule has 1 aromatic carbocycles. The number of nitrogens with zero attached hydrogens (tertiary/aromatic N) is 2. The van der Waals surface area contributed by atoms with Gasteiger partial charge in [-0.2, -0.15) is 0 Å². The summed E-state index contributed by atoms with van der Waals surface area (Å²) in [6, 6.07) is 11.7. The second-order valence-electron chi connectivity index (χ2n) is 6.05. The summed E-state index contributed by atoms with van der Waals surface area (Å²) in [6.07, 6.45) is 9.94. The minimum Gasteiger partial charge on any atom is -0.492 e. The van der Waals surface area contributed by atoms with Gasteiger partial charge >= 0.3 is 0 Å². The van der Waals surface area contributed by atoms with Crippen LogP contribution >= 0.6 is 11.6 Å². The molecule has 0 saturated carbocycles. The second-order valence-corrected chi connectivity index (χ2v) is 6.49. The molecule has 3 nitrogen and oxygen atoms in total. The van der Waals surface area contributed by atoms with Gasteiger partial charge in [0.15, 0.2) is 0 Å². The highest BCUT2D eigenvalue weighted by Crippen LogP contribution is 2.16. The molecule has 0 amide bonds. The van der Waals surface area contributed by atoms with Gasteiger partial charge in [-0.3, -0.25) is 0 Å². The molecule has 0 aliphatic carbocycles. The van der Waals surface area contributed by atoms with Gasteiger partial charge < -0.3 is 14.2 Å². The quantitative estimate of drug-likeness (QED) is 0.769. The number of aromatic nitrogens is 1. The fourth-order valence-corrected chi connectivity index (χ4v) is 2.83. The van der Waals surface area contributed by atoms with Crippen molar-refractivity contribution >= 4 is 17.7 Å². The van der Waals surface area contributed by atoms with Gasteiger partial charge in [0.05, 0.1) is 6.54 Å². The summed E-state index contributed by atoms with van der Waals surface area (Å²) in [7, 11) is 2.16. The molecule has 1 aliphatic heterocycles. The number of rotatable bonds is 6. The fourth-order valence-electron chi connectivity index (χ4n) is 2.71. The van der Waals surface area contributed by atoms with Crippen molar-refractivity contribution in [1.82, 2.24) is 9.47 Å². The highest BCUT2D eigenvalue weighted by Gasteiger charge is 2.05. The summed E-state index contributed by atoms with van der Waals surface area (Å²) in [5, 5.41) is 0.725. The summed E-state index contributed by atoms with van der Waals surface area (Å²) in [6.45, 7) is 3.61. The van der Waals surface area contributed by atoms with Crippen LogP contribution in [0.3, 0.4) is 0 Å². The molecule has 2 aromatic rings. The lowest BCUT2D eigenvalue weighted by molar-refractivity contribution is 0.298. The highest BCUT2D eigenvalue weighted by atomic mass is 35.5. The third-order valence-corrected chi connectivity index (χ3v) is 4.45. The number of hydrogen-bond acceptors (Lipinski definition) is 2. The molecule has 0 saturated heterocycles. The predicted octanol–water partition coefficient (Wildman–Crippen LogP) is 4.50. The molecule has 1 aromatic heterocycles. The van der Waals surface area contributed by atoms with Gasteiger partial charge in [-0.1, -0.05) is 23.8 Å². The predicted molar refractivity (Wildman–Crippen MR) is 101 cm³/mol. The fraction of sp³-hybridized carbons (Fsp3) is 0.300. The minimum absolute atomic E-state index is 0.630. The van der Waals surface area contributed by atoms with Crippen molar-refractivity contribution in [3.63, 3.8) is 0 Å². The van der Waals surface area contributed by atoms with Gasteiger partial charge in [-0.05, 0) is 61.5 Å². The van der Waals surface area contributed by atoms with Crippen molar-refractivity contribution in [2.24, 2.45) is 0 Å². The van der Waals surface area contributed by atoms with Crippen molar-refractivity contribution in [3.05, 3.63) is 71.0 Å². The Kier molecular flexibility index (Phi) is 5.78. The molecule has 3 rings (SSSR count). The molecular weight excluding hydrogens is 320 g/mol. The van der Waals surface area contributed by atoms with E-state index in [1.165, 1.54) is 11.3 Å².